The van der Waals surface area contributed by atoms with Crippen LogP contribution < -0.4 is 5.32 Å². The van der Waals surface area contributed by atoms with Crippen LogP contribution in [-0.4, -0.2) is 18.1 Å². The van der Waals surface area contributed by atoms with E-state index in [1.807, 2.05) is 30.5 Å². The second-order valence-electron chi connectivity index (χ2n) is 4.59. The molecule has 2 aromatic rings. The van der Waals surface area contributed by atoms with Crippen molar-refractivity contribution in [2.75, 3.05) is 13.1 Å². The first kappa shape index (κ1) is 11.8. The number of halogens is 1. The summed E-state index contributed by atoms with van der Waals surface area (Å²) in [5.74, 6) is 2.00. The normalized spacial score (nSPS) is 19.9. The van der Waals surface area contributed by atoms with E-state index >= 15 is 0 Å². The van der Waals surface area contributed by atoms with Gasteiger partial charge in [0.15, 0.2) is 0 Å². The molecule has 1 fully saturated rings. The van der Waals surface area contributed by atoms with Gasteiger partial charge in [0, 0.05) is 12.5 Å². The van der Waals surface area contributed by atoms with Crippen LogP contribution in [0.2, 0.25) is 5.02 Å². The van der Waals surface area contributed by atoms with Gasteiger partial charge in [0.2, 0.25) is 5.89 Å². The molecule has 0 saturated carbocycles. The van der Waals surface area contributed by atoms with E-state index in [0.29, 0.717) is 16.8 Å². The van der Waals surface area contributed by atoms with Crippen LogP contribution in [0.25, 0.3) is 11.5 Å². The zero-order valence-corrected chi connectivity index (χ0v) is 10.8. The Labute approximate surface area is 111 Å². The van der Waals surface area contributed by atoms with Gasteiger partial charge in [0.25, 0.3) is 0 Å². The van der Waals surface area contributed by atoms with E-state index in [9.17, 15) is 0 Å². The lowest BCUT2D eigenvalue weighted by Gasteiger charge is -2.20. The SMILES string of the molecule is Clc1ccccc1-c1ncc(C2CCCNC2)o1. The van der Waals surface area contributed by atoms with E-state index in [2.05, 4.69) is 10.3 Å². The van der Waals surface area contributed by atoms with E-state index in [4.69, 9.17) is 16.0 Å². The van der Waals surface area contributed by atoms with Crippen LogP contribution in [0.15, 0.2) is 34.9 Å². The standard InChI is InChI=1S/C14H15ClN2O/c15-12-6-2-1-5-11(12)14-17-9-13(18-14)10-4-3-7-16-8-10/h1-2,5-6,9-10,16H,3-4,7-8H2. The Hall–Kier alpha value is -1.32. The summed E-state index contributed by atoms with van der Waals surface area (Å²) in [5, 5.41) is 4.05. The van der Waals surface area contributed by atoms with Gasteiger partial charge in [-0.25, -0.2) is 4.98 Å². The first-order valence-corrected chi connectivity index (χ1v) is 6.64. The van der Waals surface area contributed by atoms with Crippen molar-refractivity contribution in [3.05, 3.63) is 41.2 Å². The average Bonchev–Trinajstić information content (AvgIpc) is 2.90. The molecule has 1 aromatic carbocycles. The molecule has 0 radical (unpaired) electrons. The molecule has 3 rings (SSSR count). The summed E-state index contributed by atoms with van der Waals surface area (Å²) in [4.78, 5) is 4.34. The van der Waals surface area contributed by atoms with Crippen molar-refractivity contribution < 1.29 is 4.42 Å². The highest BCUT2D eigenvalue weighted by atomic mass is 35.5. The molecule has 1 atom stereocenters. The van der Waals surface area contributed by atoms with Gasteiger partial charge in [0.1, 0.15) is 5.76 Å². The quantitative estimate of drug-likeness (QED) is 0.901. The molecule has 0 spiro atoms. The van der Waals surface area contributed by atoms with Crippen molar-refractivity contribution in [3.8, 4) is 11.5 Å². The van der Waals surface area contributed by atoms with Gasteiger partial charge in [-0.3, -0.25) is 0 Å². The molecule has 4 heteroatoms. The fourth-order valence-corrected chi connectivity index (χ4v) is 2.55. The van der Waals surface area contributed by atoms with Crippen molar-refractivity contribution in [2.45, 2.75) is 18.8 Å². The molecular weight excluding hydrogens is 248 g/mol. The van der Waals surface area contributed by atoms with Crippen LogP contribution in [-0.2, 0) is 0 Å². The fraction of sp³-hybridized carbons (Fsp3) is 0.357. The number of oxazole rings is 1. The number of piperidine rings is 1. The molecule has 2 heterocycles. The Morgan fingerprint density at radius 2 is 2.22 bits per heavy atom. The zero-order chi connectivity index (χ0) is 12.4. The number of hydrogen-bond donors (Lipinski definition) is 1. The summed E-state index contributed by atoms with van der Waals surface area (Å²) in [6.07, 6.45) is 4.17. The van der Waals surface area contributed by atoms with E-state index in [1.165, 1.54) is 6.42 Å². The molecule has 1 aromatic heterocycles. The number of benzene rings is 1. The smallest absolute Gasteiger partial charge is 0.227 e. The molecule has 0 bridgehead atoms. The maximum atomic E-state index is 6.14. The summed E-state index contributed by atoms with van der Waals surface area (Å²) in [6.45, 7) is 2.07. The third-order valence-corrected chi connectivity index (χ3v) is 3.66. The van der Waals surface area contributed by atoms with Crippen LogP contribution in [0.3, 0.4) is 0 Å². The average molecular weight is 263 g/mol. The fourth-order valence-electron chi connectivity index (χ4n) is 2.33. The summed E-state index contributed by atoms with van der Waals surface area (Å²) >= 11 is 6.14. The first-order chi connectivity index (χ1) is 8.84. The molecule has 18 heavy (non-hydrogen) atoms. The van der Waals surface area contributed by atoms with Crippen molar-refractivity contribution in [1.29, 1.82) is 0 Å². The number of nitrogens with zero attached hydrogens (tertiary/aromatic N) is 1. The molecule has 0 amide bonds. The molecule has 1 unspecified atom stereocenters. The van der Waals surface area contributed by atoms with E-state index < -0.39 is 0 Å². The van der Waals surface area contributed by atoms with Crippen molar-refractivity contribution in [3.63, 3.8) is 0 Å². The summed E-state index contributed by atoms with van der Waals surface area (Å²) in [5.41, 5.74) is 0.856. The Morgan fingerprint density at radius 3 is 3.00 bits per heavy atom. The van der Waals surface area contributed by atoms with E-state index in [0.717, 1.165) is 30.8 Å². The van der Waals surface area contributed by atoms with E-state index in [-0.39, 0.29) is 0 Å². The molecular formula is C14H15ClN2O. The second kappa shape index (κ2) is 5.12. The van der Waals surface area contributed by atoms with Crippen molar-refractivity contribution in [1.82, 2.24) is 10.3 Å². The lowest BCUT2D eigenvalue weighted by atomic mass is 9.98. The minimum atomic E-state index is 0.433. The first-order valence-electron chi connectivity index (χ1n) is 6.26. The number of hydrogen-bond acceptors (Lipinski definition) is 3. The third-order valence-electron chi connectivity index (χ3n) is 3.33. The lowest BCUT2D eigenvalue weighted by molar-refractivity contribution is 0.392. The monoisotopic (exact) mass is 262 g/mol. The van der Waals surface area contributed by atoms with Crippen molar-refractivity contribution in [2.24, 2.45) is 0 Å². The minimum absolute atomic E-state index is 0.433. The van der Waals surface area contributed by atoms with E-state index in [1.54, 1.807) is 0 Å². The topological polar surface area (TPSA) is 38.1 Å². The van der Waals surface area contributed by atoms with Crippen LogP contribution in [0, 0.1) is 0 Å². The minimum Gasteiger partial charge on any atom is -0.441 e. The molecule has 1 saturated heterocycles. The lowest BCUT2D eigenvalue weighted by Crippen LogP contribution is -2.28. The van der Waals surface area contributed by atoms with Crippen molar-refractivity contribution >= 4 is 11.6 Å². The molecule has 3 nitrogen and oxygen atoms in total. The predicted molar refractivity (Wildman–Crippen MR) is 71.8 cm³/mol. The Balaban J connectivity index is 1.87. The second-order valence-corrected chi connectivity index (χ2v) is 5.00. The Kier molecular flexibility index (Phi) is 3.35. The van der Waals surface area contributed by atoms with Gasteiger partial charge < -0.3 is 9.73 Å². The number of aromatic nitrogens is 1. The maximum Gasteiger partial charge on any atom is 0.227 e. The van der Waals surface area contributed by atoms with Gasteiger partial charge in [0.05, 0.1) is 16.8 Å². The third kappa shape index (κ3) is 2.28. The zero-order valence-electron chi connectivity index (χ0n) is 10.0. The molecule has 1 aliphatic rings. The summed E-state index contributed by atoms with van der Waals surface area (Å²) < 4.78 is 5.85. The van der Waals surface area contributed by atoms with Gasteiger partial charge in [-0.15, -0.1) is 0 Å². The summed E-state index contributed by atoms with van der Waals surface area (Å²) in [6, 6.07) is 7.62. The number of nitrogens with one attached hydrogen (secondary N) is 1. The van der Waals surface area contributed by atoms with Crippen LogP contribution in [0.1, 0.15) is 24.5 Å². The molecule has 1 aliphatic heterocycles. The Morgan fingerprint density at radius 1 is 1.33 bits per heavy atom. The van der Waals surface area contributed by atoms with Gasteiger partial charge >= 0.3 is 0 Å². The van der Waals surface area contributed by atoms with Crippen LogP contribution >= 0.6 is 11.6 Å². The number of rotatable bonds is 2. The Bertz CT molecular complexity index is 532. The van der Waals surface area contributed by atoms with Crippen LogP contribution in [0.4, 0.5) is 0 Å². The van der Waals surface area contributed by atoms with Gasteiger partial charge in [-0.05, 0) is 31.5 Å². The molecule has 1 N–H and O–H groups in total. The molecule has 94 valence electrons. The van der Waals surface area contributed by atoms with Gasteiger partial charge in [-0.1, -0.05) is 23.7 Å². The summed E-state index contributed by atoms with van der Waals surface area (Å²) in [7, 11) is 0. The van der Waals surface area contributed by atoms with Crippen LogP contribution in [0.5, 0.6) is 0 Å². The highest BCUT2D eigenvalue weighted by molar-refractivity contribution is 6.33. The van der Waals surface area contributed by atoms with Gasteiger partial charge in [-0.2, -0.15) is 0 Å². The predicted octanol–water partition coefficient (Wildman–Crippen LogP) is 3.46. The highest BCUT2D eigenvalue weighted by Gasteiger charge is 2.20. The highest BCUT2D eigenvalue weighted by Crippen LogP contribution is 2.30. The maximum absolute atomic E-state index is 6.14. The molecule has 0 aliphatic carbocycles. The largest absolute Gasteiger partial charge is 0.441 e.